The van der Waals surface area contributed by atoms with Crippen LogP contribution in [-0.4, -0.2) is 16.4 Å². The van der Waals surface area contributed by atoms with Gasteiger partial charge in [0.25, 0.3) is 5.91 Å². The molecule has 1 aliphatic carbocycles. The Morgan fingerprint density at radius 1 is 1.14 bits per heavy atom. The first-order chi connectivity index (χ1) is 10.2. The van der Waals surface area contributed by atoms with E-state index in [0.29, 0.717) is 18.4 Å². The van der Waals surface area contributed by atoms with Crippen molar-refractivity contribution in [2.24, 2.45) is 0 Å². The van der Waals surface area contributed by atoms with Gasteiger partial charge in [0.1, 0.15) is 17.3 Å². The summed E-state index contributed by atoms with van der Waals surface area (Å²) in [5.74, 6) is -0.346. The SMILES string of the molecule is N#Cc1ccc(C(=O)NC2(C#N)CCCCCCC2)nc1. The van der Waals surface area contributed by atoms with Gasteiger partial charge in [-0.3, -0.25) is 4.79 Å². The topological polar surface area (TPSA) is 89.6 Å². The first kappa shape index (κ1) is 15.0. The van der Waals surface area contributed by atoms with E-state index in [0.717, 1.165) is 25.7 Å². The zero-order valence-electron chi connectivity index (χ0n) is 11.9. The minimum atomic E-state index is -0.785. The van der Waals surface area contributed by atoms with E-state index >= 15 is 0 Å². The van der Waals surface area contributed by atoms with Crippen molar-refractivity contribution < 1.29 is 4.79 Å². The van der Waals surface area contributed by atoms with E-state index in [2.05, 4.69) is 16.4 Å². The molecule has 1 saturated carbocycles. The van der Waals surface area contributed by atoms with E-state index in [1.54, 1.807) is 6.07 Å². The van der Waals surface area contributed by atoms with Crippen LogP contribution in [0.4, 0.5) is 0 Å². The van der Waals surface area contributed by atoms with Crippen LogP contribution in [0.5, 0.6) is 0 Å². The van der Waals surface area contributed by atoms with Crippen LogP contribution in [0.1, 0.15) is 61.0 Å². The molecule has 1 aromatic rings. The fourth-order valence-electron chi connectivity index (χ4n) is 2.65. The predicted octanol–water partition coefficient (Wildman–Crippen LogP) is 2.69. The smallest absolute Gasteiger partial charge is 0.271 e. The summed E-state index contributed by atoms with van der Waals surface area (Å²) in [6.07, 6.45) is 8.06. The van der Waals surface area contributed by atoms with Crippen LogP contribution in [0.3, 0.4) is 0 Å². The maximum absolute atomic E-state index is 12.3. The fourth-order valence-corrected chi connectivity index (χ4v) is 2.65. The van der Waals surface area contributed by atoms with E-state index in [4.69, 9.17) is 5.26 Å². The lowest BCUT2D eigenvalue weighted by atomic mass is 9.85. The van der Waals surface area contributed by atoms with Gasteiger partial charge in [0.2, 0.25) is 0 Å². The van der Waals surface area contributed by atoms with Gasteiger partial charge in [0.05, 0.1) is 11.6 Å². The van der Waals surface area contributed by atoms with Crippen molar-refractivity contribution in [3.63, 3.8) is 0 Å². The van der Waals surface area contributed by atoms with E-state index in [1.807, 2.05) is 6.07 Å². The van der Waals surface area contributed by atoms with E-state index in [9.17, 15) is 10.1 Å². The number of carbonyl (C=O) groups is 1. The summed E-state index contributed by atoms with van der Waals surface area (Å²) in [5, 5.41) is 21.1. The second kappa shape index (κ2) is 6.85. The highest BCUT2D eigenvalue weighted by atomic mass is 16.2. The third-order valence-corrected chi connectivity index (χ3v) is 3.90. The number of nitrogens with one attached hydrogen (secondary N) is 1. The first-order valence-corrected chi connectivity index (χ1v) is 7.29. The molecule has 1 fully saturated rings. The maximum atomic E-state index is 12.3. The number of carbonyl (C=O) groups excluding carboxylic acids is 1. The lowest BCUT2D eigenvalue weighted by Gasteiger charge is -2.29. The minimum Gasteiger partial charge on any atom is -0.332 e. The molecule has 0 atom stereocenters. The Hall–Kier alpha value is -2.40. The number of nitrogens with zero attached hydrogens (tertiary/aromatic N) is 3. The molecule has 21 heavy (non-hydrogen) atoms. The second-order valence-electron chi connectivity index (χ2n) is 5.46. The molecule has 0 radical (unpaired) electrons. The maximum Gasteiger partial charge on any atom is 0.271 e. The molecule has 5 nitrogen and oxygen atoms in total. The van der Waals surface area contributed by atoms with Crippen molar-refractivity contribution >= 4 is 5.91 Å². The van der Waals surface area contributed by atoms with Crippen molar-refractivity contribution in [1.82, 2.24) is 10.3 Å². The van der Waals surface area contributed by atoms with Crippen molar-refractivity contribution in [1.29, 1.82) is 10.5 Å². The van der Waals surface area contributed by atoms with Crippen LogP contribution in [0.15, 0.2) is 18.3 Å². The molecule has 108 valence electrons. The quantitative estimate of drug-likeness (QED) is 0.903. The highest BCUT2D eigenvalue weighted by molar-refractivity contribution is 5.93. The van der Waals surface area contributed by atoms with Gasteiger partial charge in [-0.1, -0.05) is 32.1 Å². The third kappa shape index (κ3) is 3.79. The minimum absolute atomic E-state index is 0.241. The molecule has 0 unspecified atom stereocenters. The molecule has 0 aliphatic heterocycles. The van der Waals surface area contributed by atoms with Crippen LogP contribution in [0.2, 0.25) is 0 Å². The molecule has 1 N–H and O–H groups in total. The summed E-state index contributed by atoms with van der Waals surface area (Å²) < 4.78 is 0. The van der Waals surface area contributed by atoms with E-state index in [-0.39, 0.29) is 11.6 Å². The molecule has 1 amide bonds. The van der Waals surface area contributed by atoms with Crippen molar-refractivity contribution in [3.05, 3.63) is 29.6 Å². The van der Waals surface area contributed by atoms with E-state index < -0.39 is 5.54 Å². The zero-order valence-corrected chi connectivity index (χ0v) is 11.9. The summed E-state index contributed by atoms with van der Waals surface area (Å²) in [5.41, 5.74) is -0.134. The number of pyridine rings is 1. The molecule has 1 aliphatic rings. The van der Waals surface area contributed by atoms with Crippen molar-refractivity contribution in [2.45, 2.75) is 50.5 Å². The molecule has 0 spiro atoms. The lowest BCUT2D eigenvalue weighted by molar-refractivity contribution is 0.0902. The summed E-state index contributed by atoms with van der Waals surface area (Å²) >= 11 is 0. The molecule has 5 heteroatoms. The van der Waals surface area contributed by atoms with Gasteiger partial charge in [-0.05, 0) is 25.0 Å². The zero-order chi connectivity index (χ0) is 15.1. The summed E-state index contributed by atoms with van der Waals surface area (Å²) in [6.45, 7) is 0. The van der Waals surface area contributed by atoms with Crippen LogP contribution in [0, 0.1) is 22.7 Å². The molecule has 1 aromatic heterocycles. The molecule has 2 rings (SSSR count). The number of amides is 1. The van der Waals surface area contributed by atoms with Crippen molar-refractivity contribution in [2.75, 3.05) is 0 Å². The monoisotopic (exact) mass is 282 g/mol. The standard InChI is InChI=1S/C16H18N4O/c17-10-13-6-7-14(19-11-13)15(21)20-16(12-18)8-4-2-1-3-5-9-16/h6-7,11H,1-5,8-9H2,(H,20,21). The summed E-state index contributed by atoms with van der Waals surface area (Å²) in [4.78, 5) is 16.2. The van der Waals surface area contributed by atoms with Crippen LogP contribution in [0.25, 0.3) is 0 Å². The van der Waals surface area contributed by atoms with Gasteiger partial charge in [0.15, 0.2) is 0 Å². The van der Waals surface area contributed by atoms with Gasteiger partial charge in [0, 0.05) is 6.20 Å². The Kier molecular flexibility index (Phi) is 4.90. The van der Waals surface area contributed by atoms with E-state index in [1.165, 1.54) is 18.7 Å². The van der Waals surface area contributed by atoms with Gasteiger partial charge >= 0.3 is 0 Å². The number of rotatable bonds is 2. The number of nitriles is 2. The highest BCUT2D eigenvalue weighted by Gasteiger charge is 2.32. The Morgan fingerprint density at radius 3 is 2.33 bits per heavy atom. The Labute approximate surface area is 124 Å². The first-order valence-electron chi connectivity index (χ1n) is 7.29. The number of hydrogen-bond acceptors (Lipinski definition) is 4. The fraction of sp³-hybridized carbons (Fsp3) is 0.500. The average Bonchev–Trinajstić information content (AvgIpc) is 2.50. The number of hydrogen-bond donors (Lipinski definition) is 1. The van der Waals surface area contributed by atoms with Crippen LogP contribution < -0.4 is 5.32 Å². The molecular weight excluding hydrogens is 264 g/mol. The number of aromatic nitrogens is 1. The molecular formula is C16H18N4O. The van der Waals surface area contributed by atoms with Crippen LogP contribution in [-0.2, 0) is 0 Å². The summed E-state index contributed by atoms with van der Waals surface area (Å²) in [6, 6.07) is 7.33. The van der Waals surface area contributed by atoms with Crippen LogP contribution >= 0.6 is 0 Å². The van der Waals surface area contributed by atoms with Gasteiger partial charge in [-0.25, -0.2) is 4.98 Å². The Morgan fingerprint density at radius 2 is 1.81 bits per heavy atom. The molecule has 0 aromatic carbocycles. The normalized spacial score (nSPS) is 17.6. The average molecular weight is 282 g/mol. The molecule has 0 bridgehead atoms. The van der Waals surface area contributed by atoms with Crippen molar-refractivity contribution in [3.8, 4) is 12.1 Å². The lowest BCUT2D eigenvalue weighted by Crippen LogP contribution is -2.48. The van der Waals surface area contributed by atoms with Gasteiger partial charge < -0.3 is 5.32 Å². The molecule has 1 heterocycles. The summed E-state index contributed by atoms with van der Waals surface area (Å²) in [7, 11) is 0. The Balaban J connectivity index is 2.11. The van der Waals surface area contributed by atoms with Gasteiger partial charge in [-0.15, -0.1) is 0 Å². The molecule has 0 saturated heterocycles. The van der Waals surface area contributed by atoms with Gasteiger partial charge in [-0.2, -0.15) is 10.5 Å². The largest absolute Gasteiger partial charge is 0.332 e. The Bertz CT molecular complexity index is 572. The third-order valence-electron chi connectivity index (χ3n) is 3.90. The predicted molar refractivity (Wildman–Crippen MR) is 77.1 cm³/mol. The highest BCUT2D eigenvalue weighted by Crippen LogP contribution is 2.26. The second-order valence-corrected chi connectivity index (χ2v) is 5.46.